The van der Waals surface area contributed by atoms with Crippen molar-refractivity contribution in [2.45, 2.75) is 31.2 Å². The summed E-state index contributed by atoms with van der Waals surface area (Å²) in [6.07, 6.45) is 2.59. The molecule has 1 aliphatic rings. The number of hydrogen-bond acceptors (Lipinski definition) is 4. The summed E-state index contributed by atoms with van der Waals surface area (Å²) in [6, 6.07) is 6.96. The topological polar surface area (TPSA) is 63.4 Å². The fourth-order valence-corrected chi connectivity index (χ4v) is 3.63. The minimum atomic E-state index is -3.21. The van der Waals surface area contributed by atoms with Crippen LogP contribution in [0.1, 0.15) is 25.3 Å². The van der Waals surface area contributed by atoms with E-state index in [9.17, 15) is 8.42 Å². The molecule has 0 bridgehead atoms. The Morgan fingerprint density at radius 1 is 1.35 bits per heavy atom. The second-order valence-corrected chi connectivity index (χ2v) is 7.62. The van der Waals surface area contributed by atoms with Crippen molar-refractivity contribution in [3.05, 3.63) is 29.8 Å². The van der Waals surface area contributed by atoms with Gasteiger partial charge < -0.3 is 10.6 Å². The molecule has 0 unspecified atom stereocenters. The van der Waals surface area contributed by atoms with Gasteiger partial charge in [-0.05, 0) is 43.0 Å². The van der Waals surface area contributed by atoms with Crippen molar-refractivity contribution in [3.63, 3.8) is 0 Å². The van der Waals surface area contributed by atoms with E-state index in [4.69, 9.17) is 5.73 Å². The van der Waals surface area contributed by atoms with Crippen LogP contribution in [0.2, 0.25) is 0 Å². The zero-order valence-electron chi connectivity index (χ0n) is 12.1. The van der Waals surface area contributed by atoms with Crippen LogP contribution < -0.4 is 5.73 Å². The molecule has 1 saturated carbocycles. The monoisotopic (exact) mass is 296 g/mol. The van der Waals surface area contributed by atoms with Crippen LogP contribution in [0.3, 0.4) is 0 Å². The van der Waals surface area contributed by atoms with Gasteiger partial charge in [0.1, 0.15) is 0 Å². The number of nitrogens with two attached hydrogens (primary N) is 1. The summed E-state index contributed by atoms with van der Waals surface area (Å²) in [7, 11) is -3.21. The molecule has 5 heteroatoms. The summed E-state index contributed by atoms with van der Waals surface area (Å²) in [5.41, 5.74) is 6.42. The first kappa shape index (κ1) is 15.5. The Hall–Kier alpha value is -0.910. The van der Waals surface area contributed by atoms with Crippen LogP contribution in [-0.4, -0.2) is 38.7 Å². The Kier molecular flexibility index (Phi) is 5.18. The highest BCUT2D eigenvalue weighted by molar-refractivity contribution is 7.91. The van der Waals surface area contributed by atoms with E-state index in [0.717, 1.165) is 24.6 Å². The van der Waals surface area contributed by atoms with Gasteiger partial charge in [0.05, 0.1) is 10.6 Å². The molecule has 0 saturated heterocycles. The molecule has 1 aromatic rings. The molecule has 20 heavy (non-hydrogen) atoms. The van der Waals surface area contributed by atoms with Crippen molar-refractivity contribution in [2.24, 2.45) is 11.7 Å². The predicted molar refractivity (Wildman–Crippen MR) is 81.2 cm³/mol. The maximum absolute atomic E-state index is 12.4. The van der Waals surface area contributed by atoms with E-state index in [1.54, 1.807) is 18.2 Å². The lowest BCUT2D eigenvalue weighted by Crippen LogP contribution is -2.31. The number of hydrogen-bond donors (Lipinski definition) is 1. The van der Waals surface area contributed by atoms with Gasteiger partial charge in [0.15, 0.2) is 9.84 Å². The van der Waals surface area contributed by atoms with Crippen LogP contribution in [0.15, 0.2) is 29.2 Å². The summed E-state index contributed by atoms with van der Waals surface area (Å²) < 4.78 is 24.7. The summed E-state index contributed by atoms with van der Waals surface area (Å²) in [5, 5.41) is 0. The van der Waals surface area contributed by atoms with E-state index in [1.165, 1.54) is 12.8 Å². The summed E-state index contributed by atoms with van der Waals surface area (Å²) in [4.78, 5) is 2.63. The van der Waals surface area contributed by atoms with Crippen molar-refractivity contribution in [1.29, 1.82) is 0 Å². The van der Waals surface area contributed by atoms with Gasteiger partial charge in [0, 0.05) is 19.6 Å². The standard InChI is InChI=1S/C15H24N2O2S/c1-2-17(12-13-6-7-13)8-9-20(18,19)15-5-3-4-14(10-15)11-16/h3-5,10,13H,2,6-9,11-12,16H2,1H3. The zero-order valence-corrected chi connectivity index (χ0v) is 12.9. The fraction of sp³-hybridized carbons (Fsp3) is 0.600. The molecular weight excluding hydrogens is 272 g/mol. The lowest BCUT2D eigenvalue weighted by molar-refractivity contribution is 0.292. The molecular formula is C15H24N2O2S. The first-order chi connectivity index (χ1) is 9.55. The van der Waals surface area contributed by atoms with Gasteiger partial charge in [-0.15, -0.1) is 0 Å². The molecule has 0 amide bonds. The molecule has 1 fully saturated rings. The van der Waals surface area contributed by atoms with E-state index < -0.39 is 9.84 Å². The van der Waals surface area contributed by atoms with Crippen molar-refractivity contribution >= 4 is 9.84 Å². The van der Waals surface area contributed by atoms with E-state index in [2.05, 4.69) is 11.8 Å². The second kappa shape index (κ2) is 6.70. The van der Waals surface area contributed by atoms with Crippen LogP contribution in [0, 0.1) is 5.92 Å². The van der Waals surface area contributed by atoms with Crippen LogP contribution >= 0.6 is 0 Å². The van der Waals surface area contributed by atoms with Gasteiger partial charge in [-0.3, -0.25) is 0 Å². The highest BCUT2D eigenvalue weighted by Crippen LogP contribution is 2.29. The first-order valence-electron chi connectivity index (χ1n) is 7.29. The Balaban J connectivity index is 1.98. The quantitative estimate of drug-likeness (QED) is 0.792. The third kappa shape index (κ3) is 4.30. The predicted octanol–water partition coefficient (Wildman–Crippen LogP) is 1.65. The molecule has 2 rings (SSSR count). The summed E-state index contributed by atoms with van der Waals surface area (Å²) >= 11 is 0. The third-order valence-electron chi connectivity index (χ3n) is 3.83. The van der Waals surface area contributed by atoms with E-state index in [-0.39, 0.29) is 5.75 Å². The minimum absolute atomic E-state index is 0.182. The number of rotatable bonds is 8. The molecule has 0 radical (unpaired) electrons. The first-order valence-corrected chi connectivity index (χ1v) is 8.94. The molecule has 4 nitrogen and oxygen atoms in total. The van der Waals surface area contributed by atoms with Gasteiger partial charge >= 0.3 is 0 Å². The molecule has 2 N–H and O–H groups in total. The highest BCUT2D eigenvalue weighted by atomic mass is 32.2. The molecule has 0 aliphatic heterocycles. The molecule has 1 aliphatic carbocycles. The van der Waals surface area contributed by atoms with Crippen LogP contribution in [-0.2, 0) is 16.4 Å². The maximum Gasteiger partial charge on any atom is 0.179 e. The fourth-order valence-electron chi connectivity index (χ4n) is 2.28. The second-order valence-electron chi connectivity index (χ2n) is 5.51. The normalized spacial score (nSPS) is 15.8. The van der Waals surface area contributed by atoms with Gasteiger partial charge in [-0.1, -0.05) is 19.1 Å². The molecule has 0 aromatic heterocycles. The average molecular weight is 296 g/mol. The molecule has 1 aromatic carbocycles. The number of benzene rings is 1. The van der Waals surface area contributed by atoms with Gasteiger partial charge in [0.25, 0.3) is 0 Å². The Labute approximate surface area is 121 Å². The van der Waals surface area contributed by atoms with Crippen molar-refractivity contribution in [3.8, 4) is 0 Å². The SMILES string of the molecule is CCN(CCS(=O)(=O)c1cccc(CN)c1)CC1CC1. The smallest absolute Gasteiger partial charge is 0.179 e. The highest BCUT2D eigenvalue weighted by Gasteiger charge is 2.24. The van der Waals surface area contributed by atoms with Crippen LogP contribution in [0.5, 0.6) is 0 Å². The minimum Gasteiger partial charge on any atom is -0.326 e. The van der Waals surface area contributed by atoms with Gasteiger partial charge in [-0.2, -0.15) is 0 Å². The maximum atomic E-state index is 12.4. The third-order valence-corrected chi connectivity index (χ3v) is 5.52. The number of sulfone groups is 1. The average Bonchev–Trinajstić information content (AvgIpc) is 3.27. The van der Waals surface area contributed by atoms with Crippen molar-refractivity contribution < 1.29 is 8.42 Å². The zero-order chi connectivity index (χ0) is 14.6. The van der Waals surface area contributed by atoms with Crippen molar-refractivity contribution in [2.75, 3.05) is 25.4 Å². The van der Waals surface area contributed by atoms with Crippen molar-refractivity contribution in [1.82, 2.24) is 4.90 Å². The van der Waals surface area contributed by atoms with Gasteiger partial charge in [0.2, 0.25) is 0 Å². The molecule has 0 spiro atoms. The summed E-state index contributed by atoms with van der Waals surface area (Å²) in [5.74, 6) is 0.972. The van der Waals surface area contributed by atoms with E-state index in [0.29, 0.717) is 18.0 Å². The van der Waals surface area contributed by atoms with E-state index in [1.807, 2.05) is 6.07 Å². The van der Waals surface area contributed by atoms with Crippen LogP contribution in [0.25, 0.3) is 0 Å². The largest absolute Gasteiger partial charge is 0.326 e. The summed E-state index contributed by atoms with van der Waals surface area (Å²) in [6.45, 7) is 5.02. The Bertz CT molecular complexity index is 539. The lowest BCUT2D eigenvalue weighted by atomic mass is 10.2. The Morgan fingerprint density at radius 2 is 2.10 bits per heavy atom. The van der Waals surface area contributed by atoms with E-state index >= 15 is 0 Å². The molecule has 0 heterocycles. The van der Waals surface area contributed by atoms with Crippen LogP contribution in [0.4, 0.5) is 0 Å². The lowest BCUT2D eigenvalue weighted by Gasteiger charge is -2.20. The molecule has 0 atom stereocenters. The Morgan fingerprint density at radius 3 is 2.70 bits per heavy atom. The number of nitrogens with zero attached hydrogens (tertiary/aromatic N) is 1. The van der Waals surface area contributed by atoms with Gasteiger partial charge in [-0.25, -0.2) is 8.42 Å². The molecule has 112 valence electrons.